The number of hydrazine groups is 1. The average molecular weight is 226 g/mol. The number of hydrogen-bond acceptors (Lipinski definition) is 6. The second-order valence-electron chi connectivity index (χ2n) is 4.35. The van der Waals surface area contributed by atoms with Crippen LogP contribution in [0.1, 0.15) is 20.8 Å². The van der Waals surface area contributed by atoms with Gasteiger partial charge in [-0.1, -0.05) is 32.5 Å². The lowest BCUT2D eigenvalue weighted by Crippen LogP contribution is -2.27. The summed E-state index contributed by atoms with van der Waals surface area (Å²) in [7, 11) is 0. The van der Waals surface area contributed by atoms with Gasteiger partial charge in [0.15, 0.2) is 0 Å². The van der Waals surface area contributed by atoms with Crippen LogP contribution in [0.3, 0.4) is 0 Å². The van der Waals surface area contributed by atoms with Crippen molar-refractivity contribution in [2.75, 3.05) is 11.2 Å². The highest BCUT2D eigenvalue weighted by Gasteiger charge is 2.25. The smallest absolute Gasteiger partial charge is 0.260 e. The van der Waals surface area contributed by atoms with E-state index in [2.05, 4.69) is 41.5 Å². The number of hydrogen-bond donors (Lipinski definition) is 2. The van der Waals surface area contributed by atoms with Gasteiger partial charge in [0.25, 0.3) is 5.95 Å². The standard InChI is InChI=1S/C8H14N6S/c1-8(2,3)5-4-15-7-12-11-6(10-9)14(7)13-5/h4,9H2,1-3H3,(H,10,11). The highest BCUT2D eigenvalue weighted by Crippen LogP contribution is 2.29. The van der Waals surface area contributed by atoms with Crippen molar-refractivity contribution < 1.29 is 0 Å². The number of nitrogens with zero attached hydrogens (tertiary/aromatic N) is 4. The van der Waals surface area contributed by atoms with E-state index in [1.54, 1.807) is 16.4 Å². The number of fused-ring (bicyclic) bond motifs is 1. The molecule has 0 unspecified atom stereocenters. The van der Waals surface area contributed by atoms with Crippen molar-refractivity contribution in [2.24, 2.45) is 16.4 Å². The molecule has 82 valence electrons. The van der Waals surface area contributed by atoms with Crippen molar-refractivity contribution in [3.05, 3.63) is 0 Å². The van der Waals surface area contributed by atoms with Crippen LogP contribution in [0.2, 0.25) is 0 Å². The van der Waals surface area contributed by atoms with Crippen molar-refractivity contribution in [2.45, 2.75) is 25.9 Å². The fraction of sp³-hybridized carbons (Fsp3) is 0.625. The first-order chi connectivity index (χ1) is 7.02. The van der Waals surface area contributed by atoms with Gasteiger partial charge in [0, 0.05) is 11.2 Å². The Morgan fingerprint density at radius 1 is 1.40 bits per heavy atom. The lowest BCUT2D eigenvalue weighted by Gasteiger charge is -2.23. The zero-order valence-electron chi connectivity index (χ0n) is 8.98. The first-order valence-electron chi connectivity index (χ1n) is 4.65. The van der Waals surface area contributed by atoms with Crippen LogP contribution in [0, 0.1) is 5.41 Å². The van der Waals surface area contributed by atoms with Gasteiger partial charge in [0.1, 0.15) is 0 Å². The molecule has 3 N–H and O–H groups in total. The van der Waals surface area contributed by atoms with Crippen LogP contribution in [0.15, 0.2) is 10.3 Å². The van der Waals surface area contributed by atoms with Crippen molar-refractivity contribution in [1.29, 1.82) is 0 Å². The Hall–Kier alpha value is -1.08. The van der Waals surface area contributed by atoms with Gasteiger partial charge in [-0.2, -0.15) is 9.78 Å². The molecule has 1 aromatic heterocycles. The van der Waals surface area contributed by atoms with E-state index in [9.17, 15) is 0 Å². The summed E-state index contributed by atoms with van der Waals surface area (Å²) >= 11 is 1.62. The molecular weight excluding hydrogens is 212 g/mol. The molecule has 0 bridgehead atoms. The van der Waals surface area contributed by atoms with Crippen LogP contribution in [-0.2, 0) is 0 Å². The summed E-state index contributed by atoms with van der Waals surface area (Å²) in [5.74, 6) is 6.65. The molecule has 0 fully saturated rings. The van der Waals surface area contributed by atoms with Gasteiger partial charge in [-0.05, 0) is 0 Å². The van der Waals surface area contributed by atoms with Gasteiger partial charge in [-0.15, -0.1) is 10.2 Å². The molecule has 1 aromatic rings. The van der Waals surface area contributed by atoms with E-state index in [0.717, 1.165) is 16.6 Å². The first-order valence-corrected chi connectivity index (χ1v) is 5.64. The van der Waals surface area contributed by atoms with E-state index in [1.165, 1.54) is 0 Å². The molecule has 1 aliphatic rings. The van der Waals surface area contributed by atoms with Crippen molar-refractivity contribution >= 4 is 23.4 Å². The molecule has 0 amide bonds. The van der Waals surface area contributed by atoms with E-state index < -0.39 is 0 Å². The lowest BCUT2D eigenvalue weighted by molar-refractivity contribution is 0.574. The molecule has 7 heteroatoms. The van der Waals surface area contributed by atoms with Crippen molar-refractivity contribution in [1.82, 2.24) is 14.9 Å². The number of nitrogen functional groups attached to an aromatic ring is 1. The van der Waals surface area contributed by atoms with Crippen LogP contribution < -0.4 is 11.3 Å². The minimum Gasteiger partial charge on any atom is -0.291 e. The number of nitrogens with two attached hydrogens (primary N) is 1. The third-order valence-electron chi connectivity index (χ3n) is 2.17. The summed E-state index contributed by atoms with van der Waals surface area (Å²) in [6, 6.07) is 0. The highest BCUT2D eigenvalue weighted by atomic mass is 32.2. The van der Waals surface area contributed by atoms with E-state index in [-0.39, 0.29) is 5.41 Å². The highest BCUT2D eigenvalue weighted by molar-refractivity contribution is 7.99. The fourth-order valence-corrected chi connectivity index (χ4v) is 2.29. The summed E-state index contributed by atoms with van der Waals surface area (Å²) < 4.78 is 1.65. The van der Waals surface area contributed by atoms with Gasteiger partial charge >= 0.3 is 0 Å². The molecule has 2 heterocycles. The third kappa shape index (κ3) is 1.84. The summed E-state index contributed by atoms with van der Waals surface area (Å²) in [5.41, 5.74) is 3.64. The van der Waals surface area contributed by atoms with Gasteiger partial charge in [-0.3, -0.25) is 5.43 Å². The predicted octanol–water partition coefficient (Wildman–Crippen LogP) is 0.920. The summed E-state index contributed by atoms with van der Waals surface area (Å²) in [5, 5.41) is 13.1. The van der Waals surface area contributed by atoms with Crippen LogP contribution in [0.25, 0.3) is 0 Å². The van der Waals surface area contributed by atoms with E-state index in [1.807, 2.05) is 0 Å². The molecule has 15 heavy (non-hydrogen) atoms. The Kier molecular flexibility index (Phi) is 2.43. The van der Waals surface area contributed by atoms with Crippen LogP contribution in [-0.4, -0.2) is 26.3 Å². The van der Waals surface area contributed by atoms with E-state index in [4.69, 9.17) is 5.84 Å². The van der Waals surface area contributed by atoms with E-state index in [0.29, 0.717) is 5.95 Å². The van der Waals surface area contributed by atoms with E-state index >= 15 is 0 Å². The minimum atomic E-state index is 0.0564. The molecule has 0 aliphatic carbocycles. The topological polar surface area (TPSA) is 81.1 Å². The Bertz CT molecular complexity index is 402. The number of thioether (sulfide) groups is 1. The molecule has 1 aliphatic heterocycles. The Morgan fingerprint density at radius 2 is 2.13 bits per heavy atom. The predicted molar refractivity (Wildman–Crippen MR) is 60.8 cm³/mol. The monoisotopic (exact) mass is 226 g/mol. The van der Waals surface area contributed by atoms with Gasteiger partial charge in [-0.25, -0.2) is 5.84 Å². The molecule has 0 saturated heterocycles. The molecule has 0 spiro atoms. The van der Waals surface area contributed by atoms with Crippen molar-refractivity contribution in [3.63, 3.8) is 0 Å². The Balaban J connectivity index is 2.43. The minimum absolute atomic E-state index is 0.0564. The third-order valence-corrected chi connectivity index (χ3v) is 3.10. The summed E-state index contributed by atoms with van der Waals surface area (Å²) in [6.45, 7) is 6.41. The first kappa shape index (κ1) is 10.4. The Morgan fingerprint density at radius 3 is 2.73 bits per heavy atom. The fourth-order valence-electron chi connectivity index (χ4n) is 1.18. The number of nitrogens with one attached hydrogen (secondary N) is 1. The molecular formula is C8H14N6S. The SMILES string of the molecule is CC(C)(C)C1=Nn2c(NN)nnc2SC1. The van der Waals surface area contributed by atoms with Gasteiger partial charge in [0.05, 0.1) is 5.71 Å². The normalized spacial score (nSPS) is 15.9. The number of rotatable bonds is 1. The maximum Gasteiger partial charge on any atom is 0.260 e. The van der Waals surface area contributed by atoms with Crippen LogP contribution >= 0.6 is 11.8 Å². The van der Waals surface area contributed by atoms with Crippen molar-refractivity contribution in [3.8, 4) is 0 Å². The quantitative estimate of drug-likeness (QED) is 0.549. The second kappa shape index (κ2) is 3.49. The zero-order chi connectivity index (χ0) is 11.1. The maximum absolute atomic E-state index is 5.32. The maximum atomic E-state index is 5.32. The molecule has 2 rings (SSSR count). The Labute approximate surface area is 92.3 Å². The molecule has 0 saturated carbocycles. The van der Waals surface area contributed by atoms with Crippen LogP contribution in [0.5, 0.6) is 0 Å². The molecule has 6 nitrogen and oxygen atoms in total. The largest absolute Gasteiger partial charge is 0.291 e. The molecule has 0 radical (unpaired) electrons. The summed E-state index contributed by atoms with van der Waals surface area (Å²) in [6.07, 6.45) is 0. The molecule has 0 atom stereocenters. The number of anilines is 1. The molecule has 0 aromatic carbocycles. The van der Waals surface area contributed by atoms with Crippen LogP contribution in [0.4, 0.5) is 5.95 Å². The second-order valence-corrected chi connectivity index (χ2v) is 5.29. The average Bonchev–Trinajstić information content (AvgIpc) is 2.57. The lowest BCUT2D eigenvalue weighted by atomic mass is 9.91. The number of aromatic nitrogens is 3. The zero-order valence-corrected chi connectivity index (χ0v) is 9.80. The summed E-state index contributed by atoms with van der Waals surface area (Å²) in [4.78, 5) is 0. The van der Waals surface area contributed by atoms with Gasteiger partial charge < -0.3 is 0 Å². The van der Waals surface area contributed by atoms with Gasteiger partial charge in [0.2, 0.25) is 5.16 Å².